The highest BCUT2D eigenvalue weighted by molar-refractivity contribution is 6.14. The minimum atomic E-state index is 0.624. The van der Waals surface area contributed by atoms with Crippen LogP contribution in [0.15, 0.2) is 180 Å². The number of fused-ring (bicyclic) bond motifs is 9. The van der Waals surface area contributed by atoms with Crippen LogP contribution in [-0.4, -0.2) is 15.0 Å². The molecular weight excluding hydrogens is 647 g/mol. The molecule has 246 valence electrons. The molecule has 2 aromatic heterocycles. The Hall–Kier alpha value is -7.17. The zero-order valence-corrected chi connectivity index (χ0v) is 28.5. The van der Waals surface area contributed by atoms with Gasteiger partial charge >= 0.3 is 0 Å². The quantitative estimate of drug-likeness (QED) is 0.174. The summed E-state index contributed by atoms with van der Waals surface area (Å²) >= 11 is 0. The summed E-state index contributed by atoms with van der Waals surface area (Å²) in [5, 5.41) is 11.7. The van der Waals surface area contributed by atoms with Crippen molar-refractivity contribution in [3.63, 3.8) is 0 Å². The highest BCUT2D eigenvalue weighted by atomic mass is 16.3. The Morgan fingerprint density at radius 2 is 0.849 bits per heavy atom. The van der Waals surface area contributed by atoms with Crippen LogP contribution in [0.4, 0.5) is 0 Å². The number of furan rings is 1. The minimum absolute atomic E-state index is 0.624. The maximum Gasteiger partial charge on any atom is 0.164 e. The van der Waals surface area contributed by atoms with Crippen LogP contribution in [0.25, 0.3) is 110 Å². The minimum Gasteiger partial charge on any atom is -0.456 e. The molecule has 4 nitrogen and oxygen atoms in total. The summed E-state index contributed by atoms with van der Waals surface area (Å²) in [6.07, 6.45) is 0. The molecule has 0 amide bonds. The van der Waals surface area contributed by atoms with E-state index >= 15 is 0 Å². The van der Waals surface area contributed by atoms with E-state index in [1.165, 1.54) is 26.9 Å². The van der Waals surface area contributed by atoms with Crippen LogP contribution in [-0.2, 0) is 0 Å². The lowest BCUT2D eigenvalue weighted by Gasteiger charge is -2.13. The third-order valence-electron chi connectivity index (χ3n) is 10.5. The summed E-state index contributed by atoms with van der Waals surface area (Å²) in [7, 11) is 0. The Balaban J connectivity index is 1.10. The van der Waals surface area contributed by atoms with Crippen LogP contribution in [0, 0.1) is 0 Å². The van der Waals surface area contributed by atoms with Gasteiger partial charge in [0.2, 0.25) is 0 Å². The lowest BCUT2D eigenvalue weighted by molar-refractivity contribution is 0.669. The van der Waals surface area contributed by atoms with Crippen LogP contribution in [0.3, 0.4) is 0 Å². The van der Waals surface area contributed by atoms with E-state index in [9.17, 15) is 0 Å². The Kier molecular flexibility index (Phi) is 6.52. The molecule has 11 rings (SSSR count). The van der Waals surface area contributed by atoms with Crippen LogP contribution >= 0.6 is 0 Å². The summed E-state index contributed by atoms with van der Waals surface area (Å²) in [4.78, 5) is 15.6. The smallest absolute Gasteiger partial charge is 0.164 e. The van der Waals surface area contributed by atoms with Crippen molar-refractivity contribution in [2.75, 3.05) is 0 Å². The second-order valence-electron chi connectivity index (χ2n) is 13.6. The van der Waals surface area contributed by atoms with Gasteiger partial charge in [0.05, 0.1) is 0 Å². The third kappa shape index (κ3) is 4.80. The maximum absolute atomic E-state index is 6.20. The third-order valence-corrected chi connectivity index (χ3v) is 10.5. The molecule has 0 saturated heterocycles. The van der Waals surface area contributed by atoms with Crippen molar-refractivity contribution >= 4 is 65.0 Å². The lowest BCUT2D eigenvalue weighted by Crippen LogP contribution is -2.01. The van der Waals surface area contributed by atoms with E-state index in [1.54, 1.807) is 0 Å². The van der Waals surface area contributed by atoms with Crippen LogP contribution in [0.2, 0.25) is 0 Å². The Morgan fingerprint density at radius 1 is 0.302 bits per heavy atom. The fraction of sp³-hybridized carbons (Fsp3) is 0. The molecule has 0 bridgehead atoms. The average molecular weight is 676 g/mol. The van der Waals surface area contributed by atoms with Gasteiger partial charge in [-0.05, 0) is 78.5 Å². The molecule has 0 aliphatic carbocycles. The van der Waals surface area contributed by atoms with E-state index in [0.717, 1.165) is 65.9 Å². The monoisotopic (exact) mass is 675 g/mol. The van der Waals surface area contributed by atoms with Crippen molar-refractivity contribution in [1.29, 1.82) is 0 Å². The molecule has 4 heteroatoms. The fourth-order valence-electron chi connectivity index (χ4n) is 7.96. The molecule has 0 saturated carbocycles. The molecule has 0 aliphatic heterocycles. The second-order valence-corrected chi connectivity index (χ2v) is 13.6. The van der Waals surface area contributed by atoms with E-state index < -0.39 is 0 Å². The molecule has 0 radical (unpaired) electrons. The highest BCUT2D eigenvalue weighted by Crippen LogP contribution is 2.39. The Morgan fingerprint density at radius 3 is 1.68 bits per heavy atom. The number of hydrogen-bond acceptors (Lipinski definition) is 4. The summed E-state index contributed by atoms with van der Waals surface area (Å²) in [6, 6.07) is 61.7. The van der Waals surface area contributed by atoms with Crippen molar-refractivity contribution in [3.8, 4) is 45.3 Å². The Bertz CT molecular complexity index is 3230. The normalized spacial score (nSPS) is 11.8. The summed E-state index contributed by atoms with van der Waals surface area (Å²) in [6.45, 7) is 0. The number of benzene rings is 9. The standard InChI is InChI=1S/C49H29N3O/c1-3-12-36-30(10-1)22-25-34-28-35(26-27-38(34)36)48-50-47(51-49(52-48)43-29-33-11-2-4-13-37(33)40-14-5-6-15-41(40)43)32-23-20-31(21-24-32)39-17-9-19-45-46(39)42-16-7-8-18-44(42)53-45/h1-29H. The molecule has 9 aromatic carbocycles. The van der Waals surface area contributed by atoms with Crippen molar-refractivity contribution < 1.29 is 4.42 Å². The van der Waals surface area contributed by atoms with Crippen molar-refractivity contribution in [2.45, 2.75) is 0 Å². The van der Waals surface area contributed by atoms with E-state index in [4.69, 9.17) is 19.4 Å². The molecule has 2 heterocycles. The summed E-state index contributed by atoms with van der Waals surface area (Å²) < 4.78 is 6.20. The van der Waals surface area contributed by atoms with Gasteiger partial charge < -0.3 is 4.42 Å². The number of aromatic nitrogens is 3. The molecule has 53 heavy (non-hydrogen) atoms. The molecule has 0 N–H and O–H groups in total. The fourth-order valence-corrected chi connectivity index (χ4v) is 7.96. The molecule has 0 spiro atoms. The van der Waals surface area contributed by atoms with Crippen LogP contribution in [0.5, 0.6) is 0 Å². The Labute approximate surface area is 304 Å². The van der Waals surface area contributed by atoms with Gasteiger partial charge in [0.1, 0.15) is 11.2 Å². The van der Waals surface area contributed by atoms with Crippen molar-refractivity contribution in [1.82, 2.24) is 15.0 Å². The van der Waals surface area contributed by atoms with E-state index in [0.29, 0.717) is 17.5 Å². The molecular formula is C49H29N3O. The van der Waals surface area contributed by atoms with E-state index in [1.807, 2.05) is 18.2 Å². The largest absolute Gasteiger partial charge is 0.456 e. The van der Waals surface area contributed by atoms with E-state index in [-0.39, 0.29) is 0 Å². The second kappa shape index (κ2) is 11.7. The molecule has 0 fully saturated rings. The molecule has 0 aliphatic rings. The van der Waals surface area contributed by atoms with Crippen molar-refractivity contribution in [3.05, 3.63) is 176 Å². The van der Waals surface area contributed by atoms with Gasteiger partial charge in [-0.15, -0.1) is 0 Å². The topological polar surface area (TPSA) is 51.8 Å². The average Bonchev–Trinajstić information content (AvgIpc) is 3.62. The first-order chi connectivity index (χ1) is 26.2. The number of rotatable bonds is 4. The van der Waals surface area contributed by atoms with Crippen LogP contribution < -0.4 is 0 Å². The SMILES string of the molecule is c1ccc2c(c1)ccc1cc(-c3nc(-c4ccc(-c5cccc6oc7ccccc7c56)cc4)nc(-c4cc5ccccc5c5ccccc45)n3)ccc12. The zero-order chi connectivity index (χ0) is 34.9. The molecule has 0 unspecified atom stereocenters. The predicted octanol–water partition coefficient (Wildman–Crippen LogP) is 13.1. The van der Waals surface area contributed by atoms with Crippen molar-refractivity contribution in [2.24, 2.45) is 0 Å². The first kappa shape index (κ1) is 29.5. The first-order valence-electron chi connectivity index (χ1n) is 17.9. The van der Waals surface area contributed by atoms with Gasteiger partial charge in [-0.25, -0.2) is 15.0 Å². The zero-order valence-electron chi connectivity index (χ0n) is 28.5. The number of hydrogen-bond donors (Lipinski definition) is 0. The number of para-hydroxylation sites is 1. The van der Waals surface area contributed by atoms with Gasteiger partial charge in [0.15, 0.2) is 17.5 Å². The lowest BCUT2D eigenvalue weighted by atomic mass is 9.96. The number of nitrogens with zero attached hydrogens (tertiary/aromatic N) is 3. The van der Waals surface area contributed by atoms with Gasteiger partial charge in [-0.3, -0.25) is 0 Å². The summed E-state index contributed by atoms with van der Waals surface area (Å²) in [5.41, 5.74) is 6.83. The van der Waals surface area contributed by atoms with E-state index in [2.05, 4.69) is 158 Å². The predicted molar refractivity (Wildman–Crippen MR) is 219 cm³/mol. The van der Waals surface area contributed by atoms with Gasteiger partial charge in [-0.2, -0.15) is 0 Å². The van der Waals surface area contributed by atoms with Gasteiger partial charge in [0, 0.05) is 27.5 Å². The first-order valence-corrected chi connectivity index (χ1v) is 17.9. The molecule has 0 atom stereocenters. The highest BCUT2D eigenvalue weighted by Gasteiger charge is 2.18. The van der Waals surface area contributed by atoms with Crippen LogP contribution in [0.1, 0.15) is 0 Å². The summed E-state index contributed by atoms with van der Waals surface area (Å²) in [5.74, 6) is 1.90. The van der Waals surface area contributed by atoms with Gasteiger partial charge in [0.25, 0.3) is 0 Å². The van der Waals surface area contributed by atoms with Gasteiger partial charge in [-0.1, -0.05) is 152 Å². The maximum atomic E-state index is 6.20. The molecule has 11 aromatic rings.